The van der Waals surface area contributed by atoms with E-state index in [0.717, 1.165) is 12.8 Å². The van der Waals surface area contributed by atoms with E-state index >= 15 is 0 Å². The Kier molecular flexibility index (Phi) is 2.05. The highest BCUT2D eigenvalue weighted by Gasteiger charge is 2.43. The molecule has 1 rings (SSSR count). The third kappa shape index (κ3) is 2.46. The van der Waals surface area contributed by atoms with E-state index in [9.17, 15) is 5.11 Å². The van der Waals surface area contributed by atoms with Crippen molar-refractivity contribution in [2.24, 2.45) is 0 Å². The lowest BCUT2D eigenvalue weighted by atomic mass is 9.74. The van der Waals surface area contributed by atoms with E-state index in [1.807, 2.05) is 6.92 Å². The molecule has 0 atom stereocenters. The number of piperidine rings is 1. The zero-order valence-corrected chi connectivity index (χ0v) is 8.86. The minimum Gasteiger partial charge on any atom is -0.390 e. The molecule has 1 aliphatic heterocycles. The van der Waals surface area contributed by atoms with E-state index in [-0.39, 0.29) is 11.1 Å². The van der Waals surface area contributed by atoms with Crippen molar-refractivity contribution in [2.45, 2.75) is 64.1 Å². The highest BCUT2D eigenvalue weighted by atomic mass is 16.3. The lowest BCUT2D eigenvalue weighted by Gasteiger charge is -2.49. The Hall–Kier alpha value is -0.0800. The maximum Gasteiger partial charge on any atom is 0.0654 e. The molecule has 0 aromatic carbocycles. The Labute approximate surface area is 75.4 Å². The quantitative estimate of drug-likeness (QED) is 0.581. The fourth-order valence-corrected chi connectivity index (χ4v) is 2.97. The van der Waals surface area contributed by atoms with Crippen LogP contribution in [0.1, 0.15) is 47.5 Å². The van der Waals surface area contributed by atoms with Crippen molar-refractivity contribution in [1.29, 1.82) is 0 Å². The van der Waals surface area contributed by atoms with Crippen molar-refractivity contribution in [3.63, 3.8) is 0 Å². The summed E-state index contributed by atoms with van der Waals surface area (Å²) in [6.07, 6.45) is 1.65. The predicted octanol–water partition coefficient (Wildman–Crippen LogP) is 1.68. The minimum atomic E-state index is -0.516. The maximum atomic E-state index is 10.0. The Morgan fingerprint density at radius 3 is 1.50 bits per heavy atom. The number of nitrogens with one attached hydrogen (secondary N) is 1. The first-order valence-corrected chi connectivity index (χ1v) is 4.64. The fourth-order valence-electron chi connectivity index (χ4n) is 2.97. The smallest absolute Gasteiger partial charge is 0.0654 e. The van der Waals surface area contributed by atoms with Crippen LogP contribution in [0.2, 0.25) is 0 Å². The average Bonchev–Trinajstić information content (AvgIpc) is 1.44. The van der Waals surface area contributed by atoms with Crippen LogP contribution < -0.4 is 5.32 Å². The van der Waals surface area contributed by atoms with Crippen molar-refractivity contribution in [3.05, 3.63) is 0 Å². The van der Waals surface area contributed by atoms with Gasteiger partial charge in [-0.05, 0) is 47.5 Å². The second-order valence-corrected chi connectivity index (χ2v) is 5.74. The molecular formula is C10H21NO. The van der Waals surface area contributed by atoms with E-state index in [1.54, 1.807) is 0 Å². The van der Waals surface area contributed by atoms with Gasteiger partial charge in [-0.1, -0.05) is 0 Å². The largest absolute Gasteiger partial charge is 0.390 e. The van der Waals surface area contributed by atoms with Crippen molar-refractivity contribution in [1.82, 2.24) is 5.32 Å². The van der Waals surface area contributed by atoms with Crippen LogP contribution in [-0.2, 0) is 0 Å². The Balaban J connectivity index is 2.81. The van der Waals surface area contributed by atoms with Gasteiger partial charge >= 0.3 is 0 Å². The highest BCUT2D eigenvalue weighted by molar-refractivity contribution is 5.02. The minimum absolute atomic E-state index is 0.0469. The standard InChI is InChI=1S/C10H21NO/c1-8(2)6-10(5,12)7-9(3,4)11-8/h11-12H,6-7H2,1-5H3. The van der Waals surface area contributed by atoms with Crippen LogP contribution in [0.4, 0.5) is 0 Å². The Bertz CT molecular complexity index is 137. The molecule has 1 saturated heterocycles. The lowest BCUT2D eigenvalue weighted by Crippen LogP contribution is -2.62. The summed E-state index contributed by atoms with van der Waals surface area (Å²) in [5, 5.41) is 13.5. The van der Waals surface area contributed by atoms with E-state index in [0.29, 0.717) is 0 Å². The summed E-state index contributed by atoms with van der Waals surface area (Å²) in [4.78, 5) is 0. The van der Waals surface area contributed by atoms with Gasteiger partial charge in [0.15, 0.2) is 0 Å². The van der Waals surface area contributed by atoms with Crippen LogP contribution >= 0.6 is 0 Å². The normalized spacial score (nSPS) is 31.5. The highest BCUT2D eigenvalue weighted by Crippen LogP contribution is 2.35. The molecule has 0 aromatic heterocycles. The van der Waals surface area contributed by atoms with Gasteiger partial charge in [0, 0.05) is 11.1 Å². The van der Waals surface area contributed by atoms with Gasteiger partial charge in [0.25, 0.3) is 0 Å². The van der Waals surface area contributed by atoms with Gasteiger partial charge in [0.2, 0.25) is 0 Å². The second kappa shape index (κ2) is 2.46. The molecule has 2 nitrogen and oxygen atoms in total. The third-order valence-electron chi connectivity index (χ3n) is 2.32. The summed E-state index contributed by atoms with van der Waals surface area (Å²) < 4.78 is 0. The average molecular weight is 171 g/mol. The molecule has 0 aromatic rings. The summed E-state index contributed by atoms with van der Waals surface area (Å²) in [6, 6.07) is 0. The summed E-state index contributed by atoms with van der Waals surface area (Å²) in [5.74, 6) is 0. The van der Waals surface area contributed by atoms with Crippen LogP contribution in [0, 0.1) is 0 Å². The molecule has 0 bridgehead atoms. The summed E-state index contributed by atoms with van der Waals surface area (Å²) in [7, 11) is 0. The molecule has 1 fully saturated rings. The van der Waals surface area contributed by atoms with Gasteiger partial charge < -0.3 is 10.4 Å². The number of hydrogen-bond acceptors (Lipinski definition) is 2. The van der Waals surface area contributed by atoms with Crippen molar-refractivity contribution >= 4 is 0 Å². The molecule has 0 radical (unpaired) electrons. The molecule has 1 aliphatic rings. The molecule has 2 heteroatoms. The molecule has 0 spiro atoms. The SMILES string of the molecule is CC1(O)CC(C)(C)NC(C)(C)C1. The summed E-state index contributed by atoms with van der Waals surface area (Å²) in [5.41, 5.74) is -0.422. The van der Waals surface area contributed by atoms with Gasteiger partial charge in [0.05, 0.1) is 5.60 Å². The number of aliphatic hydroxyl groups is 1. The first kappa shape index (κ1) is 10.0. The van der Waals surface area contributed by atoms with Crippen LogP contribution in [0.15, 0.2) is 0 Å². The first-order valence-electron chi connectivity index (χ1n) is 4.64. The van der Waals surface area contributed by atoms with Crippen molar-refractivity contribution in [3.8, 4) is 0 Å². The van der Waals surface area contributed by atoms with E-state index < -0.39 is 5.60 Å². The van der Waals surface area contributed by atoms with E-state index in [2.05, 4.69) is 33.0 Å². The van der Waals surface area contributed by atoms with Gasteiger partial charge in [0.1, 0.15) is 0 Å². The predicted molar refractivity (Wildman–Crippen MR) is 51.2 cm³/mol. The van der Waals surface area contributed by atoms with E-state index in [4.69, 9.17) is 0 Å². The second-order valence-electron chi connectivity index (χ2n) is 5.74. The summed E-state index contributed by atoms with van der Waals surface area (Å²) >= 11 is 0. The molecule has 72 valence electrons. The van der Waals surface area contributed by atoms with Gasteiger partial charge in [-0.3, -0.25) is 0 Å². The molecule has 1 heterocycles. The molecular weight excluding hydrogens is 150 g/mol. The zero-order chi connectivity index (χ0) is 9.62. The molecule has 0 unspecified atom stereocenters. The molecule has 0 amide bonds. The lowest BCUT2D eigenvalue weighted by molar-refractivity contribution is -0.0417. The van der Waals surface area contributed by atoms with Crippen LogP contribution in [0.25, 0.3) is 0 Å². The van der Waals surface area contributed by atoms with Crippen LogP contribution in [-0.4, -0.2) is 21.8 Å². The zero-order valence-electron chi connectivity index (χ0n) is 8.86. The van der Waals surface area contributed by atoms with Crippen molar-refractivity contribution < 1.29 is 5.11 Å². The number of hydrogen-bond donors (Lipinski definition) is 2. The third-order valence-corrected chi connectivity index (χ3v) is 2.32. The van der Waals surface area contributed by atoms with Crippen molar-refractivity contribution in [2.75, 3.05) is 0 Å². The van der Waals surface area contributed by atoms with E-state index in [1.165, 1.54) is 0 Å². The van der Waals surface area contributed by atoms with Crippen LogP contribution in [0.3, 0.4) is 0 Å². The molecule has 0 aliphatic carbocycles. The van der Waals surface area contributed by atoms with Crippen LogP contribution in [0.5, 0.6) is 0 Å². The molecule has 2 N–H and O–H groups in total. The Morgan fingerprint density at radius 1 is 0.917 bits per heavy atom. The monoisotopic (exact) mass is 171 g/mol. The fraction of sp³-hybridized carbons (Fsp3) is 1.00. The Morgan fingerprint density at radius 2 is 1.25 bits per heavy atom. The van der Waals surface area contributed by atoms with Gasteiger partial charge in [-0.2, -0.15) is 0 Å². The molecule has 12 heavy (non-hydrogen) atoms. The van der Waals surface area contributed by atoms with Gasteiger partial charge in [-0.15, -0.1) is 0 Å². The van der Waals surface area contributed by atoms with Gasteiger partial charge in [-0.25, -0.2) is 0 Å². The maximum absolute atomic E-state index is 10.0. The topological polar surface area (TPSA) is 32.3 Å². The molecule has 0 saturated carbocycles. The first-order chi connectivity index (χ1) is 5.12. The summed E-state index contributed by atoms with van der Waals surface area (Å²) in [6.45, 7) is 10.5. The number of rotatable bonds is 0.